The molecule has 1 saturated heterocycles. The van der Waals surface area contributed by atoms with Crippen molar-refractivity contribution in [3.8, 4) is 0 Å². The van der Waals surface area contributed by atoms with E-state index in [4.69, 9.17) is 9.51 Å². The molecule has 1 atom stereocenters. The van der Waals surface area contributed by atoms with E-state index >= 15 is 0 Å². The van der Waals surface area contributed by atoms with E-state index < -0.39 is 0 Å². The minimum absolute atomic E-state index is 0.0477. The van der Waals surface area contributed by atoms with Gasteiger partial charge in [-0.25, -0.2) is 0 Å². The van der Waals surface area contributed by atoms with Crippen LogP contribution in [0.3, 0.4) is 0 Å². The zero-order chi connectivity index (χ0) is 14.9. The Morgan fingerprint density at radius 2 is 2.00 bits per heavy atom. The number of hydrogen-bond donors (Lipinski definition) is 1. The van der Waals surface area contributed by atoms with Crippen LogP contribution in [0.1, 0.15) is 89.8 Å². The third kappa shape index (κ3) is 3.01. The molecule has 1 saturated carbocycles. The summed E-state index contributed by atoms with van der Waals surface area (Å²) in [4.78, 5) is 4.81. The van der Waals surface area contributed by atoms with Gasteiger partial charge in [-0.1, -0.05) is 32.3 Å². The smallest absolute Gasteiger partial charge is 0.246 e. The summed E-state index contributed by atoms with van der Waals surface area (Å²) in [6.07, 6.45) is 9.48. The number of aromatic nitrogens is 2. The van der Waals surface area contributed by atoms with Gasteiger partial charge in [-0.15, -0.1) is 0 Å². The highest BCUT2D eigenvalue weighted by Gasteiger charge is 2.40. The van der Waals surface area contributed by atoms with Crippen LogP contribution in [0.15, 0.2) is 4.52 Å². The van der Waals surface area contributed by atoms with Gasteiger partial charge in [0.05, 0.1) is 5.54 Å². The lowest BCUT2D eigenvalue weighted by Crippen LogP contribution is -2.37. The summed E-state index contributed by atoms with van der Waals surface area (Å²) in [6.45, 7) is 8.02. The predicted octanol–water partition coefficient (Wildman–Crippen LogP) is 4.13. The SMILES string of the molecule is CCCC1(c2nc(C3CCC(C)(C)CC3)no2)CCCN1. The summed E-state index contributed by atoms with van der Waals surface area (Å²) in [6, 6.07) is 0. The maximum Gasteiger partial charge on any atom is 0.246 e. The molecule has 2 aliphatic rings. The first-order chi connectivity index (χ1) is 10.0. The van der Waals surface area contributed by atoms with E-state index in [1.54, 1.807) is 0 Å². The van der Waals surface area contributed by atoms with Crippen molar-refractivity contribution in [3.63, 3.8) is 0 Å². The lowest BCUT2D eigenvalue weighted by Gasteiger charge is -2.32. The zero-order valence-electron chi connectivity index (χ0n) is 13.7. The van der Waals surface area contributed by atoms with Gasteiger partial charge in [0.25, 0.3) is 0 Å². The van der Waals surface area contributed by atoms with Crippen molar-refractivity contribution in [3.05, 3.63) is 11.7 Å². The van der Waals surface area contributed by atoms with Gasteiger partial charge in [0.1, 0.15) is 0 Å². The van der Waals surface area contributed by atoms with Crippen molar-refractivity contribution in [2.24, 2.45) is 5.41 Å². The molecule has 4 nitrogen and oxygen atoms in total. The monoisotopic (exact) mass is 291 g/mol. The lowest BCUT2D eigenvalue weighted by molar-refractivity contribution is 0.216. The summed E-state index contributed by atoms with van der Waals surface area (Å²) < 4.78 is 5.69. The first-order valence-electron chi connectivity index (χ1n) is 8.64. The van der Waals surface area contributed by atoms with Gasteiger partial charge < -0.3 is 9.84 Å². The van der Waals surface area contributed by atoms with Crippen molar-refractivity contribution >= 4 is 0 Å². The van der Waals surface area contributed by atoms with Crippen molar-refractivity contribution in [2.75, 3.05) is 6.54 Å². The molecule has 1 aliphatic heterocycles. The van der Waals surface area contributed by atoms with Crippen LogP contribution in [-0.2, 0) is 5.54 Å². The van der Waals surface area contributed by atoms with E-state index in [1.165, 1.54) is 32.1 Å². The third-order valence-electron chi connectivity index (χ3n) is 5.48. The fourth-order valence-corrected chi connectivity index (χ4v) is 3.99. The fraction of sp³-hybridized carbons (Fsp3) is 0.882. The van der Waals surface area contributed by atoms with E-state index in [0.717, 1.165) is 37.5 Å². The van der Waals surface area contributed by atoms with E-state index in [0.29, 0.717) is 11.3 Å². The van der Waals surface area contributed by atoms with Gasteiger partial charge in [0.2, 0.25) is 5.89 Å². The Balaban J connectivity index is 1.74. The molecule has 0 aromatic carbocycles. The van der Waals surface area contributed by atoms with Crippen molar-refractivity contribution < 1.29 is 4.52 Å². The molecule has 118 valence electrons. The van der Waals surface area contributed by atoms with E-state index in [2.05, 4.69) is 31.2 Å². The molecule has 1 aromatic rings. The molecule has 3 rings (SSSR count). The molecule has 1 aliphatic carbocycles. The minimum atomic E-state index is -0.0477. The molecule has 21 heavy (non-hydrogen) atoms. The quantitative estimate of drug-likeness (QED) is 0.906. The number of hydrogen-bond acceptors (Lipinski definition) is 4. The maximum atomic E-state index is 5.69. The molecule has 2 fully saturated rings. The van der Waals surface area contributed by atoms with Crippen LogP contribution in [-0.4, -0.2) is 16.7 Å². The average molecular weight is 291 g/mol. The standard InChI is InChI=1S/C17H29N3O/c1-4-8-17(9-5-12-18-17)15-19-14(20-21-15)13-6-10-16(2,3)11-7-13/h13,18H,4-12H2,1-3H3. The second-order valence-electron chi connectivity index (χ2n) is 7.76. The maximum absolute atomic E-state index is 5.69. The molecule has 1 N–H and O–H groups in total. The third-order valence-corrected chi connectivity index (χ3v) is 5.48. The molecule has 0 amide bonds. The summed E-state index contributed by atoms with van der Waals surface area (Å²) in [5.74, 6) is 2.28. The number of rotatable bonds is 4. The number of nitrogens with one attached hydrogen (secondary N) is 1. The predicted molar refractivity (Wildman–Crippen MR) is 83.1 cm³/mol. The Hall–Kier alpha value is -0.900. The Labute approximate surface area is 128 Å². The van der Waals surface area contributed by atoms with Gasteiger partial charge in [-0.2, -0.15) is 4.98 Å². The summed E-state index contributed by atoms with van der Waals surface area (Å²) >= 11 is 0. The molecule has 0 spiro atoms. The largest absolute Gasteiger partial charge is 0.337 e. The van der Waals surface area contributed by atoms with E-state index in [-0.39, 0.29) is 5.54 Å². The first-order valence-corrected chi connectivity index (χ1v) is 8.64. The van der Waals surface area contributed by atoms with Crippen LogP contribution in [0, 0.1) is 5.41 Å². The molecule has 0 radical (unpaired) electrons. The van der Waals surface area contributed by atoms with Gasteiger partial charge in [-0.05, 0) is 56.9 Å². The summed E-state index contributed by atoms with van der Waals surface area (Å²) in [5, 5.41) is 7.95. The van der Waals surface area contributed by atoms with E-state index in [1.807, 2.05) is 0 Å². The Morgan fingerprint density at radius 1 is 1.24 bits per heavy atom. The average Bonchev–Trinajstić information content (AvgIpc) is 3.08. The second-order valence-corrected chi connectivity index (χ2v) is 7.76. The second kappa shape index (κ2) is 5.71. The van der Waals surface area contributed by atoms with Crippen LogP contribution in [0.2, 0.25) is 0 Å². The van der Waals surface area contributed by atoms with Crippen LogP contribution >= 0.6 is 0 Å². The highest BCUT2D eigenvalue weighted by molar-refractivity contribution is 5.09. The Morgan fingerprint density at radius 3 is 2.62 bits per heavy atom. The fourth-order valence-electron chi connectivity index (χ4n) is 3.99. The molecule has 4 heteroatoms. The highest BCUT2D eigenvalue weighted by atomic mass is 16.5. The summed E-state index contributed by atoms with van der Waals surface area (Å²) in [7, 11) is 0. The van der Waals surface area contributed by atoms with E-state index in [9.17, 15) is 0 Å². The van der Waals surface area contributed by atoms with Crippen molar-refractivity contribution in [1.29, 1.82) is 0 Å². The van der Waals surface area contributed by atoms with Gasteiger partial charge >= 0.3 is 0 Å². The van der Waals surface area contributed by atoms with Crippen LogP contribution in [0.5, 0.6) is 0 Å². The summed E-state index contributed by atoms with van der Waals surface area (Å²) in [5.41, 5.74) is 0.438. The lowest BCUT2D eigenvalue weighted by atomic mass is 9.73. The van der Waals surface area contributed by atoms with Crippen molar-refractivity contribution in [1.82, 2.24) is 15.5 Å². The zero-order valence-corrected chi connectivity index (χ0v) is 13.7. The van der Waals surface area contributed by atoms with Crippen LogP contribution < -0.4 is 5.32 Å². The van der Waals surface area contributed by atoms with Gasteiger partial charge in [0.15, 0.2) is 5.82 Å². The Kier molecular flexibility index (Phi) is 4.08. The topological polar surface area (TPSA) is 51.0 Å². The molecular weight excluding hydrogens is 262 g/mol. The molecule has 1 aromatic heterocycles. The van der Waals surface area contributed by atoms with Gasteiger partial charge in [-0.3, -0.25) is 0 Å². The van der Waals surface area contributed by atoms with Crippen LogP contribution in [0.4, 0.5) is 0 Å². The number of nitrogens with zero attached hydrogens (tertiary/aromatic N) is 2. The van der Waals surface area contributed by atoms with Crippen molar-refractivity contribution in [2.45, 2.75) is 83.6 Å². The molecule has 1 unspecified atom stereocenters. The Bertz CT molecular complexity index is 464. The first kappa shape index (κ1) is 15.0. The van der Waals surface area contributed by atoms with Crippen LogP contribution in [0.25, 0.3) is 0 Å². The highest BCUT2D eigenvalue weighted by Crippen LogP contribution is 2.42. The molecule has 2 heterocycles. The minimum Gasteiger partial charge on any atom is -0.337 e. The molecule has 0 bridgehead atoms. The molecular formula is C17H29N3O. The van der Waals surface area contributed by atoms with Gasteiger partial charge in [0, 0.05) is 5.92 Å². The normalized spacial score (nSPS) is 29.9.